The summed E-state index contributed by atoms with van der Waals surface area (Å²) < 4.78 is 5.94. The first-order valence-electron chi connectivity index (χ1n) is 8.24. The third kappa shape index (κ3) is 4.27. The van der Waals surface area contributed by atoms with E-state index in [1.807, 2.05) is 24.3 Å². The maximum atomic E-state index is 6.18. The SMILES string of the molecule is CN(C)CC1CCc2cc(OCc3ccccc3Cl)ccc2C1. The van der Waals surface area contributed by atoms with Gasteiger partial charge in [-0.15, -0.1) is 0 Å². The summed E-state index contributed by atoms with van der Waals surface area (Å²) in [5.74, 6) is 1.71. The van der Waals surface area contributed by atoms with Gasteiger partial charge in [0.25, 0.3) is 0 Å². The van der Waals surface area contributed by atoms with Crippen molar-refractivity contribution in [3.63, 3.8) is 0 Å². The van der Waals surface area contributed by atoms with E-state index >= 15 is 0 Å². The Hall–Kier alpha value is -1.51. The first-order chi connectivity index (χ1) is 11.1. The van der Waals surface area contributed by atoms with Crippen LogP contribution in [0.15, 0.2) is 42.5 Å². The van der Waals surface area contributed by atoms with Crippen LogP contribution in [-0.4, -0.2) is 25.5 Å². The van der Waals surface area contributed by atoms with Gasteiger partial charge in [0.2, 0.25) is 0 Å². The zero-order chi connectivity index (χ0) is 16.2. The van der Waals surface area contributed by atoms with Crippen LogP contribution < -0.4 is 4.74 Å². The minimum Gasteiger partial charge on any atom is -0.489 e. The normalized spacial score (nSPS) is 17.1. The van der Waals surface area contributed by atoms with Crippen molar-refractivity contribution in [2.45, 2.75) is 25.9 Å². The molecule has 1 unspecified atom stereocenters. The average Bonchev–Trinajstić information content (AvgIpc) is 2.53. The van der Waals surface area contributed by atoms with Gasteiger partial charge in [-0.2, -0.15) is 0 Å². The van der Waals surface area contributed by atoms with Crippen molar-refractivity contribution in [3.05, 3.63) is 64.2 Å². The summed E-state index contributed by atoms with van der Waals surface area (Å²) in [6, 6.07) is 14.4. The molecule has 122 valence electrons. The largest absolute Gasteiger partial charge is 0.489 e. The minimum atomic E-state index is 0.516. The van der Waals surface area contributed by atoms with E-state index in [2.05, 4.69) is 37.2 Å². The minimum absolute atomic E-state index is 0.516. The molecule has 3 rings (SSSR count). The summed E-state index contributed by atoms with van der Waals surface area (Å²) in [6.45, 7) is 1.69. The highest BCUT2D eigenvalue weighted by atomic mass is 35.5. The van der Waals surface area contributed by atoms with E-state index in [0.29, 0.717) is 6.61 Å². The molecular formula is C20H24ClNO. The molecule has 0 aromatic heterocycles. The van der Waals surface area contributed by atoms with Crippen molar-refractivity contribution in [3.8, 4) is 5.75 Å². The number of hydrogen-bond donors (Lipinski definition) is 0. The number of aryl methyl sites for hydroxylation is 1. The van der Waals surface area contributed by atoms with Crippen molar-refractivity contribution in [1.29, 1.82) is 0 Å². The summed E-state index contributed by atoms with van der Waals surface area (Å²) in [6.07, 6.45) is 3.59. The molecule has 1 aliphatic carbocycles. The number of nitrogens with zero attached hydrogens (tertiary/aromatic N) is 1. The van der Waals surface area contributed by atoms with Crippen molar-refractivity contribution in [1.82, 2.24) is 4.90 Å². The van der Waals surface area contributed by atoms with E-state index in [1.54, 1.807) is 0 Å². The molecule has 2 aromatic rings. The Morgan fingerprint density at radius 1 is 1.13 bits per heavy atom. The zero-order valence-corrected chi connectivity index (χ0v) is 14.6. The zero-order valence-electron chi connectivity index (χ0n) is 13.9. The van der Waals surface area contributed by atoms with Crippen LogP contribution in [0.4, 0.5) is 0 Å². The third-order valence-electron chi connectivity index (χ3n) is 4.48. The van der Waals surface area contributed by atoms with Gasteiger partial charge in [0.1, 0.15) is 12.4 Å². The van der Waals surface area contributed by atoms with Crippen LogP contribution in [0.25, 0.3) is 0 Å². The maximum absolute atomic E-state index is 6.18. The van der Waals surface area contributed by atoms with Crippen LogP contribution in [0.2, 0.25) is 5.02 Å². The van der Waals surface area contributed by atoms with Crippen LogP contribution in [-0.2, 0) is 19.4 Å². The van der Waals surface area contributed by atoms with Gasteiger partial charge in [0, 0.05) is 17.1 Å². The topological polar surface area (TPSA) is 12.5 Å². The standard InChI is InChI=1S/C20H24ClNO/c1-22(2)13-15-7-8-17-12-19(10-9-16(17)11-15)23-14-18-5-3-4-6-20(18)21/h3-6,9-10,12,15H,7-8,11,13-14H2,1-2H3. The predicted molar refractivity (Wildman–Crippen MR) is 96.3 cm³/mol. The molecule has 2 aromatic carbocycles. The van der Waals surface area contributed by atoms with Crippen LogP contribution in [0.3, 0.4) is 0 Å². The fourth-order valence-electron chi connectivity index (χ4n) is 3.35. The summed E-state index contributed by atoms with van der Waals surface area (Å²) in [5.41, 5.74) is 3.95. The highest BCUT2D eigenvalue weighted by Crippen LogP contribution is 2.29. The summed E-state index contributed by atoms with van der Waals surface area (Å²) in [7, 11) is 4.31. The molecule has 0 spiro atoms. The molecular weight excluding hydrogens is 306 g/mol. The van der Waals surface area contributed by atoms with Gasteiger partial charge in [-0.1, -0.05) is 35.9 Å². The number of ether oxygens (including phenoxy) is 1. The second kappa shape index (κ2) is 7.37. The third-order valence-corrected chi connectivity index (χ3v) is 4.85. The highest BCUT2D eigenvalue weighted by molar-refractivity contribution is 6.31. The second-order valence-corrected chi connectivity index (χ2v) is 7.09. The Labute approximate surface area is 144 Å². The van der Waals surface area contributed by atoms with E-state index in [1.165, 1.54) is 30.5 Å². The van der Waals surface area contributed by atoms with Gasteiger partial charge in [-0.3, -0.25) is 0 Å². The molecule has 0 saturated heterocycles. The van der Waals surface area contributed by atoms with Crippen molar-refractivity contribution >= 4 is 11.6 Å². The quantitative estimate of drug-likeness (QED) is 0.795. The first-order valence-corrected chi connectivity index (χ1v) is 8.62. The lowest BCUT2D eigenvalue weighted by atomic mass is 9.83. The molecule has 2 nitrogen and oxygen atoms in total. The summed E-state index contributed by atoms with van der Waals surface area (Å²) in [4.78, 5) is 2.29. The number of benzene rings is 2. The van der Waals surface area contributed by atoms with Gasteiger partial charge < -0.3 is 9.64 Å². The van der Waals surface area contributed by atoms with Crippen molar-refractivity contribution < 1.29 is 4.74 Å². The van der Waals surface area contributed by atoms with Crippen LogP contribution in [0, 0.1) is 5.92 Å². The summed E-state index contributed by atoms with van der Waals surface area (Å²) in [5, 5.41) is 0.761. The monoisotopic (exact) mass is 329 g/mol. The molecule has 0 bridgehead atoms. The molecule has 0 aliphatic heterocycles. The van der Waals surface area contributed by atoms with Gasteiger partial charge in [-0.05, 0) is 68.6 Å². The van der Waals surface area contributed by atoms with E-state index < -0.39 is 0 Å². The lowest BCUT2D eigenvalue weighted by molar-refractivity contribution is 0.297. The van der Waals surface area contributed by atoms with Crippen LogP contribution in [0.5, 0.6) is 5.75 Å². The van der Waals surface area contributed by atoms with Gasteiger partial charge in [0.05, 0.1) is 0 Å². The van der Waals surface area contributed by atoms with E-state index in [0.717, 1.165) is 28.7 Å². The smallest absolute Gasteiger partial charge is 0.120 e. The molecule has 0 amide bonds. The predicted octanol–water partition coefficient (Wildman–Crippen LogP) is 4.59. The van der Waals surface area contributed by atoms with Gasteiger partial charge >= 0.3 is 0 Å². The van der Waals surface area contributed by atoms with Gasteiger partial charge in [-0.25, -0.2) is 0 Å². The first kappa shape index (κ1) is 16.4. The van der Waals surface area contributed by atoms with Crippen LogP contribution >= 0.6 is 11.6 Å². The average molecular weight is 330 g/mol. The Morgan fingerprint density at radius 3 is 2.74 bits per heavy atom. The second-order valence-electron chi connectivity index (χ2n) is 6.68. The fraction of sp³-hybridized carbons (Fsp3) is 0.400. The Bertz CT molecular complexity index is 668. The number of rotatable bonds is 5. The highest BCUT2D eigenvalue weighted by Gasteiger charge is 2.19. The number of hydrogen-bond acceptors (Lipinski definition) is 2. The van der Waals surface area contributed by atoms with E-state index in [9.17, 15) is 0 Å². The molecule has 0 fully saturated rings. The Kier molecular flexibility index (Phi) is 5.24. The number of halogens is 1. The Balaban J connectivity index is 1.64. The van der Waals surface area contributed by atoms with Crippen molar-refractivity contribution in [2.75, 3.05) is 20.6 Å². The molecule has 0 N–H and O–H groups in total. The fourth-order valence-corrected chi connectivity index (χ4v) is 3.54. The van der Waals surface area contributed by atoms with E-state index in [-0.39, 0.29) is 0 Å². The summed E-state index contributed by atoms with van der Waals surface area (Å²) >= 11 is 6.18. The van der Waals surface area contributed by atoms with Gasteiger partial charge in [0.15, 0.2) is 0 Å². The molecule has 0 heterocycles. The lowest BCUT2D eigenvalue weighted by Gasteiger charge is -2.27. The molecule has 0 radical (unpaired) electrons. The maximum Gasteiger partial charge on any atom is 0.120 e. The molecule has 1 atom stereocenters. The van der Waals surface area contributed by atoms with Crippen LogP contribution in [0.1, 0.15) is 23.1 Å². The van der Waals surface area contributed by atoms with E-state index in [4.69, 9.17) is 16.3 Å². The molecule has 0 saturated carbocycles. The Morgan fingerprint density at radius 2 is 1.96 bits per heavy atom. The number of fused-ring (bicyclic) bond motifs is 1. The molecule has 23 heavy (non-hydrogen) atoms. The lowest BCUT2D eigenvalue weighted by Crippen LogP contribution is -2.26. The molecule has 1 aliphatic rings. The molecule has 3 heteroatoms. The van der Waals surface area contributed by atoms with Crippen molar-refractivity contribution in [2.24, 2.45) is 5.92 Å².